The lowest BCUT2D eigenvalue weighted by molar-refractivity contribution is 0.274. The van der Waals surface area contributed by atoms with Crippen LogP contribution in [0.15, 0.2) is 52.9 Å². The molecule has 0 fully saturated rings. The van der Waals surface area contributed by atoms with Gasteiger partial charge >= 0.3 is 0 Å². The largest absolute Gasteiger partial charge is 0.507 e. The predicted molar refractivity (Wildman–Crippen MR) is 68.6 cm³/mol. The summed E-state index contributed by atoms with van der Waals surface area (Å²) in [5.41, 5.74) is 0.609. The number of phenols is 1. The minimum atomic E-state index is -0.305. The van der Waals surface area contributed by atoms with Crippen molar-refractivity contribution in [2.45, 2.75) is 6.61 Å². The number of fused-ring (bicyclic) bond motifs is 1. The van der Waals surface area contributed by atoms with Gasteiger partial charge in [-0.25, -0.2) is 4.39 Å². The van der Waals surface area contributed by atoms with E-state index in [4.69, 9.17) is 9.15 Å². The van der Waals surface area contributed by atoms with Gasteiger partial charge < -0.3 is 14.3 Å². The van der Waals surface area contributed by atoms with Crippen molar-refractivity contribution in [1.29, 1.82) is 0 Å². The summed E-state index contributed by atoms with van der Waals surface area (Å²) in [5, 5.41) is 10.3. The summed E-state index contributed by atoms with van der Waals surface area (Å²) in [6.07, 6.45) is 0. The average molecular weight is 258 g/mol. The third-order valence-electron chi connectivity index (χ3n) is 2.78. The highest BCUT2D eigenvalue weighted by Crippen LogP contribution is 2.28. The van der Waals surface area contributed by atoms with E-state index in [0.29, 0.717) is 22.5 Å². The van der Waals surface area contributed by atoms with E-state index in [0.717, 1.165) is 0 Å². The van der Waals surface area contributed by atoms with E-state index in [1.165, 1.54) is 12.1 Å². The van der Waals surface area contributed by atoms with Crippen molar-refractivity contribution in [1.82, 2.24) is 0 Å². The molecule has 96 valence electrons. The minimum absolute atomic E-state index is 0.175. The first-order valence-electron chi connectivity index (χ1n) is 5.81. The number of ether oxygens (including phenoxy) is 1. The molecule has 0 saturated heterocycles. The number of aromatic hydroxyl groups is 1. The Balaban J connectivity index is 1.78. The van der Waals surface area contributed by atoms with Gasteiger partial charge in [0.1, 0.15) is 35.3 Å². The zero-order valence-electron chi connectivity index (χ0n) is 9.97. The Labute approximate surface area is 108 Å². The highest BCUT2D eigenvalue weighted by molar-refractivity contribution is 5.84. The number of halogens is 1. The Hall–Kier alpha value is -2.49. The molecular weight excluding hydrogens is 247 g/mol. The van der Waals surface area contributed by atoms with Crippen molar-refractivity contribution in [2.24, 2.45) is 0 Å². The van der Waals surface area contributed by atoms with Crippen LogP contribution in [-0.4, -0.2) is 5.11 Å². The Bertz CT molecular complexity index is 701. The zero-order chi connectivity index (χ0) is 13.2. The molecule has 0 aliphatic heterocycles. The molecule has 0 bridgehead atoms. The molecule has 3 aromatic rings. The Morgan fingerprint density at radius 3 is 2.63 bits per heavy atom. The zero-order valence-corrected chi connectivity index (χ0v) is 9.97. The maximum atomic E-state index is 12.7. The molecule has 3 nitrogen and oxygen atoms in total. The van der Waals surface area contributed by atoms with E-state index in [1.54, 1.807) is 36.4 Å². The number of hydrogen-bond donors (Lipinski definition) is 1. The van der Waals surface area contributed by atoms with Gasteiger partial charge in [-0.3, -0.25) is 0 Å². The molecule has 1 N–H and O–H groups in total. The van der Waals surface area contributed by atoms with Crippen LogP contribution in [-0.2, 0) is 6.61 Å². The third kappa shape index (κ3) is 2.38. The highest BCUT2D eigenvalue weighted by Gasteiger charge is 2.07. The van der Waals surface area contributed by atoms with Gasteiger partial charge in [-0.15, -0.1) is 0 Å². The molecule has 0 amide bonds. The molecule has 1 heterocycles. The Morgan fingerprint density at radius 1 is 1.11 bits per heavy atom. The molecule has 0 aliphatic carbocycles. The summed E-state index contributed by atoms with van der Waals surface area (Å²) in [6.45, 7) is 0.222. The van der Waals surface area contributed by atoms with Crippen LogP contribution in [0.4, 0.5) is 4.39 Å². The van der Waals surface area contributed by atoms with Crippen molar-refractivity contribution in [3.8, 4) is 11.5 Å². The van der Waals surface area contributed by atoms with Gasteiger partial charge in [0, 0.05) is 0 Å². The van der Waals surface area contributed by atoms with Crippen LogP contribution in [0.3, 0.4) is 0 Å². The standard InChI is InChI=1S/C15H11FO3/c16-10-4-6-11(7-5-10)18-9-12-8-13-14(17)2-1-3-15(13)19-12/h1-8,17H,9H2. The molecule has 1 aromatic heterocycles. The topological polar surface area (TPSA) is 42.6 Å². The molecule has 0 unspecified atom stereocenters. The van der Waals surface area contributed by atoms with Gasteiger partial charge in [0.15, 0.2) is 0 Å². The summed E-state index contributed by atoms with van der Waals surface area (Å²) in [4.78, 5) is 0. The molecule has 0 radical (unpaired) electrons. The second kappa shape index (κ2) is 4.65. The SMILES string of the molecule is Oc1cccc2oc(COc3ccc(F)cc3)cc12. The lowest BCUT2D eigenvalue weighted by atomic mass is 10.2. The Morgan fingerprint density at radius 2 is 1.89 bits per heavy atom. The van der Waals surface area contributed by atoms with Crippen LogP contribution in [0.1, 0.15) is 5.76 Å². The van der Waals surface area contributed by atoms with E-state index >= 15 is 0 Å². The lowest BCUT2D eigenvalue weighted by Crippen LogP contribution is -1.93. The first-order valence-corrected chi connectivity index (χ1v) is 5.81. The molecule has 19 heavy (non-hydrogen) atoms. The van der Waals surface area contributed by atoms with Crippen molar-refractivity contribution in [2.75, 3.05) is 0 Å². The van der Waals surface area contributed by atoms with E-state index in [9.17, 15) is 9.50 Å². The summed E-state index contributed by atoms with van der Waals surface area (Å²) in [5.74, 6) is 1.03. The van der Waals surface area contributed by atoms with E-state index in [-0.39, 0.29) is 18.2 Å². The second-order valence-corrected chi connectivity index (χ2v) is 4.14. The smallest absolute Gasteiger partial charge is 0.146 e. The normalized spacial score (nSPS) is 10.8. The monoisotopic (exact) mass is 258 g/mol. The van der Waals surface area contributed by atoms with Gasteiger partial charge in [0.05, 0.1) is 5.39 Å². The molecular formula is C15H11FO3. The van der Waals surface area contributed by atoms with E-state index in [1.807, 2.05) is 0 Å². The van der Waals surface area contributed by atoms with Gasteiger partial charge in [-0.2, -0.15) is 0 Å². The molecule has 0 spiro atoms. The predicted octanol–water partition coefficient (Wildman–Crippen LogP) is 3.86. The first kappa shape index (κ1) is 11.6. The fourth-order valence-corrected chi connectivity index (χ4v) is 1.85. The molecule has 0 saturated carbocycles. The quantitative estimate of drug-likeness (QED) is 0.775. The maximum Gasteiger partial charge on any atom is 0.146 e. The second-order valence-electron chi connectivity index (χ2n) is 4.14. The molecule has 4 heteroatoms. The summed E-state index contributed by atoms with van der Waals surface area (Å²) < 4.78 is 23.7. The van der Waals surface area contributed by atoms with Crippen LogP contribution < -0.4 is 4.74 Å². The van der Waals surface area contributed by atoms with Crippen molar-refractivity contribution in [3.05, 3.63) is 60.1 Å². The van der Waals surface area contributed by atoms with Crippen LogP contribution in [0.25, 0.3) is 11.0 Å². The Kier molecular flexibility index (Phi) is 2.83. The van der Waals surface area contributed by atoms with Crippen molar-refractivity contribution < 1.29 is 18.7 Å². The summed E-state index contributed by atoms with van der Waals surface area (Å²) >= 11 is 0. The number of benzene rings is 2. The van der Waals surface area contributed by atoms with E-state index < -0.39 is 0 Å². The summed E-state index contributed by atoms with van der Waals surface area (Å²) in [7, 11) is 0. The number of furan rings is 1. The van der Waals surface area contributed by atoms with Crippen molar-refractivity contribution >= 4 is 11.0 Å². The molecule has 0 aliphatic rings. The molecule has 2 aromatic carbocycles. The third-order valence-corrected chi connectivity index (χ3v) is 2.78. The first-order chi connectivity index (χ1) is 9.22. The maximum absolute atomic E-state index is 12.7. The van der Waals surface area contributed by atoms with Crippen LogP contribution in [0, 0.1) is 5.82 Å². The molecule has 0 atom stereocenters. The minimum Gasteiger partial charge on any atom is -0.507 e. The molecule has 3 rings (SSSR count). The van der Waals surface area contributed by atoms with Gasteiger partial charge in [-0.05, 0) is 42.5 Å². The van der Waals surface area contributed by atoms with E-state index in [2.05, 4.69) is 0 Å². The fourth-order valence-electron chi connectivity index (χ4n) is 1.85. The van der Waals surface area contributed by atoms with Gasteiger partial charge in [0.2, 0.25) is 0 Å². The summed E-state index contributed by atoms with van der Waals surface area (Å²) in [6, 6.07) is 12.6. The van der Waals surface area contributed by atoms with Crippen LogP contribution >= 0.6 is 0 Å². The van der Waals surface area contributed by atoms with Gasteiger partial charge in [0.25, 0.3) is 0 Å². The number of phenolic OH excluding ortho intramolecular Hbond substituents is 1. The van der Waals surface area contributed by atoms with Gasteiger partial charge in [-0.1, -0.05) is 6.07 Å². The van der Waals surface area contributed by atoms with Crippen molar-refractivity contribution in [3.63, 3.8) is 0 Å². The average Bonchev–Trinajstić information content (AvgIpc) is 2.83. The van der Waals surface area contributed by atoms with Crippen LogP contribution in [0.2, 0.25) is 0 Å². The fraction of sp³-hybridized carbons (Fsp3) is 0.0667. The lowest BCUT2D eigenvalue weighted by Gasteiger charge is -2.03. The van der Waals surface area contributed by atoms with Crippen LogP contribution in [0.5, 0.6) is 11.5 Å². The number of rotatable bonds is 3. The highest BCUT2D eigenvalue weighted by atomic mass is 19.1. The number of hydrogen-bond acceptors (Lipinski definition) is 3.